The van der Waals surface area contributed by atoms with Gasteiger partial charge in [-0.05, 0) is 68.1 Å². The van der Waals surface area contributed by atoms with Crippen molar-refractivity contribution in [3.05, 3.63) is 69.1 Å². The topological polar surface area (TPSA) is 51.9 Å². The second-order valence-electron chi connectivity index (χ2n) is 7.76. The van der Waals surface area contributed by atoms with Crippen molar-refractivity contribution >= 4 is 11.0 Å². The van der Waals surface area contributed by atoms with Crippen molar-refractivity contribution in [2.75, 3.05) is 20.8 Å². The van der Waals surface area contributed by atoms with E-state index in [2.05, 4.69) is 24.0 Å². The molecule has 1 atom stereocenters. The van der Waals surface area contributed by atoms with Gasteiger partial charge in [-0.1, -0.05) is 6.07 Å². The SMILES string of the molecule is COc1ccc(C2CCCN2Cc2cc(=O)oc3cc(C)c(C)cc23)c(OC)c1. The van der Waals surface area contributed by atoms with E-state index in [1.165, 1.54) is 5.56 Å². The third kappa shape index (κ3) is 3.75. The monoisotopic (exact) mass is 393 g/mol. The van der Waals surface area contributed by atoms with Gasteiger partial charge in [0.1, 0.15) is 17.1 Å². The predicted octanol–water partition coefficient (Wildman–Crippen LogP) is 4.76. The number of methoxy groups -OCH3 is 2. The van der Waals surface area contributed by atoms with Crippen molar-refractivity contribution in [3.63, 3.8) is 0 Å². The third-order valence-corrected chi connectivity index (χ3v) is 5.98. The van der Waals surface area contributed by atoms with Crippen molar-refractivity contribution in [1.82, 2.24) is 4.90 Å². The number of nitrogens with zero attached hydrogens (tertiary/aromatic N) is 1. The fourth-order valence-electron chi connectivity index (χ4n) is 4.29. The van der Waals surface area contributed by atoms with Crippen LogP contribution in [0.3, 0.4) is 0 Å². The smallest absolute Gasteiger partial charge is 0.336 e. The first-order valence-electron chi connectivity index (χ1n) is 10.00. The van der Waals surface area contributed by atoms with Crippen molar-refractivity contribution in [3.8, 4) is 11.5 Å². The maximum atomic E-state index is 12.2. The Hall–Kier alpha value is -2.79. The molecular weight excluding hydrogens is 366 g/mol. The average Bonchev–Trinajstić information content (AvgIpc) is 3.16. The second kappa shape index (κ2) is 7.91. The molecule has 1 saturated heterocycles. The van der Waals surface area contributed by atoms with Gasteiger partial charge in [0.2, 0.25) is 0 Å². The first kappa shape index (κ1) is 19.5. The lowest BCUT2D eigenvalue weighted by atomic mass is 10.0. The molecule has 0 radical (unpaired) electrons. The molecule has 1 aliphatic rings. The summed E-state index contributed by atoms with van der Waals surface area (Å²) in [5, 5.41) is 1.01. The molecule has 29 heavy (non-hydrogen) atoms. The summed E-state index contributed by atoms with van der Waals surface area (Å²) >= 11 is 0. The minimum absolute atomic E-state index is 0.240. The quantitative estimate of drug-likeness (QED) is 0.585. The lowest BCUT2D eigenvalue weighted by Gasteiger charge is -2.27. The molecule has 2 heterocycles. The van der Waals surface area contributed by atoms with Crippen LogP contribution >= 0.6 is 0 Å². The summed E-state index contributed by atoms with van der Waals surface area (Å²) in [5.41, 5.74) is 4.85. The Balaban J connectivity index is 1.71. The Bertz CT molecular complexity index is 1100. The number of ether oxygens (including phenoxy) is 2. The van der Waals surface area contributed by atoms with Crippen molar-refractivity contribution in [2.45, 2.75) is 39.3 Å². The van der Waals surface area contributed by atoms with Crippen molar-refractivity contribution < 1.29 is 13.9 Å². The lowest BCUT2D eigenvalue weighted by Crippen LogP contribution is -2.24. The van der Waals surface area contributed by atoms with Crippen LogP contribution in [0.2, 0.25) is 0 Å². The van der Waals surface area contributed by atoms with Crippen LogP contribution < -0.4 is 15.1 Å². The predicted molar refractivity (Wildman–Crippen MR) is 114 cm³/mol. The molecule has 2 aromatic carbocycles. The summed E-state index contributed by atoms with van der Waals surface area (Å²) in [7, 11) is 3.35. The van der Waals surface area contributed by atoms with E-state index in [4.69, 9.17) is 13.9 Å². The number of hydrogen-bond acceptors (Lipinski definition) is 5. The fraction of sp³-hybridized carbons (Fsp3) is 0.375. The van der Waals surface area contributed by atoms with Gasteiger partial charge in [-0.15, -0.1) is 0 Å². The van der Waals surface area contributed by atoms with Gasteiger partial charge in [0.25, 0.3) is 0 Å². The Morgan fingerprint density at radius 3 is 2.62 bits per heavy atom. The Labute approximate surface area is 170 Å². The molecule has 0 amide bonds. The van der Waals surface area contributed by atoms with Crippen LogP contribution in [0, 0.1) is 13.8 Å². The maximum absolute atomic E-state index is 12.2. The number of rotatable bonds is 5. The zero-order chi connectivity index (χ0) is 20.5. The highest BCUT2D eigenvalue weighted by Crippen LogP contribution is 2.39. The van der Waals surface area contributed by atoms with Gasteiger partial charge in [0.15, 0.2) is 0 Å². The molecule has 0 saturated carbocycles. The van der Waals surface area contributed by atoms with Gasteiger partial charge in [-0.2, -0.15) is 0 Å². The van der Waals surface area contributed by atoms with Gasteiger partial charge >= 0.3 is 5.63 Å². The van der Waals surface area contributed by atoms with Crippen LogP contribution in [-0.4, -0.2) is 25.7 Å². The summed E-state index contributed by atoms with van der Waals surface area (Å²) in [6.45, 7) is 5.80. The molecule has 4 rings (SSSR count). The Kier molecular flexibility index (Phi) is 5.33. The van der Waals surface area contributed by atoms with Crippen molar-refractivity contribution in [1.29, 1.82) is 0 Å². The van der Waals surface area contributed by atoms with Gasteiger partial charge in [-0.3, -0.25) is 4.90 Å². The number of benzene rings is 2. The minimum Gasteiger partial charge on any atom is -0.497 e. The molecule has 0 N–H and O–H groups in total. The minimum atomic E-state index is -0.298. The van der Waals surface area contributed by atoms with E-state index in [1.54, 1.807) is 20.3 Å². The van der Waals surface area contributed by atoms with Crippen LogP contribution in [0.5, 0.6) is 11.5 Å². The highest BCUT2D eigenvalue weighted by molar-refractivity contribution is 5.81. The van der Waals surface area contributed by atoms with Gasteiger partial charge in [0.05, 0.1) is 14.2 Å². The van der Waals surface area contributed by atoms with E-state index < -0.39 is 0 Å². The van der Waals surface area contributed by atoms with Crippen LogP contribution in [0.1, 0.15) is 41.1 Å². The normalized spacial score (nSPS) is 17.0. The summed E-state index contributed by atoms with van der Waals surface area (Å²) in [6.07, 6.45) is 2.16. The first-order chi connectivity index (χ1) is 14.0. The largest absolute Gasteiger partial charge is 0.497 e. The zero-order valence-electron chi connectivity index (χ0n) is 17.5. The van der Waals surface area contributed by atoms with E-state index in [1.807, 2.05) is 25.1 Å². The second-order valence-corrected chi connectivity index (χ2v) is 7.76. The summed E-state index contributed by atoms with van der Waals surface area (Å²) in [4.78, 5) is 14.6. The molecule has 5 heteroatoms. The number of likely N-dealkylation sites (tertiary alicyclic amines) is 1. The van der Waals surface area contributed by atoms with Gasteiger partial charge < -0.3 is 13.9 Å². The summed E-state index contributed by atoms with van der Waals surface area (Å²) in [5.74, 6) is 1.62. The molecule has 1 unspecified atom stereocenters. The van der Waals surface area contributed by atoms with Crippen LogP contribution in [0.15, 0.2) is 45.6 Å². The van der Waals surface area contributed by atoms with Crippen LogP contribution in [0.25, 0.3) is 11.0 Å². The number of hydrogen-bond donors (Lipinski definition) is 0. The lowest BCUT2D eigenvalue weighted by molar-refractivity contribution is 0.243. The molecule has 5 nitrogen and oxygen atoms in total. The summed E-state index contributed by atoms with van der Waals surface area (Å²) in [6, 6.07) is 12.0. The molecule has 1 aliphatic heterocycles. The highest BCUT2D eigenvalue weighted by Gasteiger charge is 2.29. The average molecular weight is 393 g/mol. The van der Waals surface area contributed by atoms with E-state index in [9.17, 15) is 4.79 Å². The Morgan fingerprint density at radius 1 is 1.07 bits per heavy atom. The standard InChI is InChI=1S/C24H27NO4/c1-15-10-20-17(12-24(26)29-23(20)11-16(15)2)14-25-9-5-6-21(25)19-8-7-18(27-3)13-22(19)28-4/h7-8,10-13,21H,5-6,9,14H2,1-4H3. The molecule has 0 aliphatic carbocycles. The molecule has 1 fully saturated rings. The highest BCUT2D eigenvalue weighted by atomic mass is 16.5. The zero-order valence-corrected chi connectivity index (χ0v) is 17.5. The van der Waals surface area contributed by atoms with E-state index in [-0.39, 0.29) is 11.7 Å². The molecular formula is C24H27NO4. The van der Waals surface area contributed by atoms with Crippen LogP contribution in [0.4, 0.5) is 0 Å². The maximum Gasteiger partial charge on any atom is 0.336 e. The molecule has 0 spiro atoms. The van der Waals surface area contributed by atoms with Crippen LogP contribution in [-0.2, 0) is 6.54 Å². The molecule has 1 aromatic heterocycles. The van der Waals surface area contributed by atoms with Gasteiger partial charge in [0, 0.05) is 35.7 Å². The fourth-order valence-corrected chi connectivity index (χ4v) is 4.29. The summed E-state index contributed by atoms with van der Waals surface area (Å²) < 4.78 is 16.5. The molecule has 3 aromatic rings. The van der Waals surface area contributed by atoms with E-state index in [0.29, 0.717) is 12.1 Å². The number of fused-ring (bicyclic) bond motifs is 1. The molecule has 152 valence electrons. The van der Waals surface area contributed by atoms with E-state index >= 15 is 0 Å². The Morgan fingerprint density at radius 2 is 1.86 bits per heavy atom. The van der Waals surface area contributed by atoms with Crippen molar-refractivity contribution in [2.24, 2.45) is 0 Å². The van der Waals surface area contributed by atoms with E-state index in [0.717, 1.165) is 53.0 Å². The third-order valence-electron chi connectivity index (χ3n) is 5.98. The molecule has 0 bridgehead atoms. The van der Waals surface area contributed by atoms with Gasteiger partial charge in [-0.25, -0.2) is 4.79 Å². The first-order valence-corrected chi connectivity index (χ1v) is 10.00. The number of aryl methyl sites for hydroxylation is 2.